The Hall–Kier alpha value is -2.18. The molecule has 0 saturated carbocycles. The number of hydrogen-bond acceptors (Lipinski definition) is 5. The van der Waals surface area contributed by atoms with E-state index in [1.54, 1.807) is 6.07 Å². The summed E-state index contributed by atoms with van der Waals surface area (Å²) in [5.74, 6) is 0.674. The Morgan fingerprint density at radius 1 is 1.12 bits per heavy atom. The van der Waals surface area contributed by atoms with Crippen molar-refractivity contribution in [3.05, 3.63) is 64.9 Å². The lowest BCUT2D eigenvalue weighted by atomic mass is 10.1. The minimum Gasteiger partial charge on any atom is -0.411 e. The Morgan fingerprint density at radius 3 is 2.64 bits per heavy atom. The number of carbonyl (C=O) groups is 1. The molecule has 2 aromatic carbocycles. The molecular formula is C18H14ClFN2O2S. The number of thioether (sulfide) groups is 1. The molecule has 1 heterocycles. The number of hydrogen-bond donors (Lipinski definition) is 0. The fourth-order valence-electron chi connectivity index (χ4n) is 2.18. The van der Waals surface area contributed by atoms with Crippen molar-refractivity contribution in [2.24, 2.45) is 0 Å². The van der Waals surface area contributed by atoms with Crippen molar-refractivity contribution in [1.29, 1.82) is 0 Å². The quantitative estimate of drug-likeness (QED) is 0.319. The van der Waals surface area contributed by atoms with Crippen molar-refractivity contribution in [3.8, 4) is 11.5 Å². The monoisotopic (exact) mass is 376 g/mol. The largest absolute Gasteiger partial charge is 0.411 e. The summed E-state index contributed by atoms with van der Waals surface area (Å²) in [4.78, 5) is 12.0. The van der Waals surface area contributed by atoms with Crippen LogP contribution in [0.5, 0.6) is 0 Å². The van der Waals surface area contributed by atoms with Gasteiger partial charge in [0.1, 0.15) is 5.82 Å². The van der Waals surface area contributed by atoms with Crippen LogP contribution in [0.3, 0.4) is 0 Å². The van der Waals surface area contributed by atoms with E-state index < -0.39 is 0 Å². The zero-order valence-electron chi connectivity index (χ0n) is 13.1. The van der Waals surface area contributed by atoms with E-state index in [1.807, 2.05) is 18.2 Å². The molecule has 0 N–H and O–H groups in total. The Balaban J connectivity index is 1.49. The van der Waals surface area contributed by atoms with Crippen LogP contribution in [0, 0.1) is 5.82 Å². The average Bonchev–Trinajstić information content (AvgIpc) is 3.08. The first-order valence-corrected chi connectivity index (χ1v) is 9.00. The van der Waals surface area contributed by atoms with E-state index in [9.17, 15) is 9.18 Å². The van der Waals surface area contributed by atoms with Crippen molar-refractivity contribution < 1.29 is 13.6 Å². The van der Waals surface area contributed by atoms with Crippen LogP contribution in [0.4, 0.5) is 4.39 Å². The lowest BCUT2D eigenvalue weighted by Crippen LogP contribution is -1.99. The van der Waals surface area contributed by atoms with Crippen LogP contribution in [0.1, 0.15) is 23.2 Å². The van der Waals surface area contributed by atoms with Crippen molar-refractivity contribution in [2.75, 3.05) is 5.75 Å². The van der Waals surface area contributed by atoms with E-state index in [4.69, 9.17) is 16.0 Å². The summed E-state index contributed by atoms with van der Waals surface area (Å²) in [6, 6.07) is 12.8. The van der Waals surface area contributed by atoms with Gasteiger partial charge in [0.05, 0.1) is 10.6 Å². The van der Waals surface area contributed by atoms with Crippen molar-refractivity contribution in [1.82, 2.24) is 10.2 Å². The van der Waals surface area contributed by atoms with Crippen molar-refractivity contribution in [3.63, 3.8) is 0 Å². The second-order valence-corrected chi connectivity index (χ2v) is 6.69. The lowest BCUT2D eigenvalue weighted by Gasteiger charge is -2.00. The van der Waals surface area contributed by atoms with E-state index in [0.717, 1.165) is 0 Å². The molecule has 1 aromatic heterocycles. The fraction of sp³-hybridized carbons (Fsp3) is 0.167. The van der Waals surface area contributed by atoms with E-state index in [-0.39, 0.29) is 11.6 Å². The molecule has 0 aliphatic heterocycles. The predicted molar refractivity (Wildman–Crippen MR) is 95.4 cm³/mol. The number of nitrogens with zero attached hydrogens (tertiary/aromatic N) is 2. The summed E-state index contributed by atoms with van der Waals surface area (Å²) in [5, 5.41) is 8.95. The lowest BCUT2D eigenvalue weighted by molar-refractivity contribution is 0.0982. The summed E-state index contributed by atoms with van der Waals surface area (Å²) in [5.41, 5.74) is 1.21. The van der Waals surface area contributed by atoms with Gasteiger partial charge in [-0.2, -0.15) is 0 Å². The molecule has 7 heteroatoms. The van der Waals surface area contributed by atoms with Gasteiger partial charge in [0, 0.05) is 17.7 Å². The van der Waals surface area contributed by atoms with E-state index in [2.05, 4.69) is 10.2 Å². The molecule has 4 nitrogen and oxygen atoms in total. The van der Waals surface area contributed by atoms with Crippen LogP contribution in [-0.4, -0.2) is 21.7 Å². The Bertz CT molecular complexity index is 868. The van der Waals surface area contributed by atoms with Gasteiger partial charge in [-0.15, -0.1) is 10.2 Å². The number of Topliss-reactive ketones (excluding diaryl/α,β-unsaturated/α-hetero) is 1. The van der Waals surface area contributed by atoms with Crippen LogP contribution >= 0.6 is 23.4 Å². The number of benzene rings is 2. The summed E-state index contributed by atoms with van der Waals surface area (Å²) < 4.78 is 18.4. The van der Waals surface area contributed by atoms with Crippen LogP contribution in [0.15, 0.2) is 58.2 Å². The Morgan fingerprint density at radius 2 is 1.88 bits per heavy atom. The number of ketones is 1. The van der Waals surface area contributed by atoms with Gasteiger partial charge in [-0.1, -0.05) is 35.5 Å². The van der Waals surface area contributed by atoms with Gasteiger partial charge in [0.25, 0.3) is 5.22 Å². The first kappa shape index (κ1) is 17.6. The second kappa shape index (κ2) is 8.27. The third kappa shape index (κ3) is 4.67. The van der Waals surface area contributed by atoms with E-state index in [0.29, 0.717) is 45.9 Å². The highest BCUT2D eigenvalue weighted by atomic mass is 35.5. The zero-order valence-corrected chi connectivity index (χ0v) is 14.7. The highest BCUT2D eigenvalue weighted by Crippen LogP contribution is 2.28. The molecule has 0 spiro atoms. The topological polar surface area (TPSA) is 56.0 Å². The van der Waals surface area contributed by atoms with Crippen molar-refractivity contribution >= 4 is 29.1 Å². The molecule has 25 heavy (non-hydrogen) atoms. The molecule has 128 valence electrons. The number of aromatic nitrogens is 2. The maximum atomic E-state index is 12.8. The van der Waals surface area contributed by atoms with Gasteiger partial charge in [-0.25, -0.2) is 4.39 Å². The molecule has 0 amide bonds. The number of carbonyl (C=O) groups excluding carboxylic acids is 1. The minimum absolute atomic E-state index is 0.0112. The zero-order chi connectivity index (χ0) is 17.6. The van der Waals surface area contributed by atoms with Gasteiger partial charge in [0.2, 0.25) is 5.89 Å². The molecule has 0 bridgehead atoms. The van der Waals surface area contributed by atoms with Crippen LogP contribution in [-0.2, 0) is 0 Å². The molecule has 0 fully saturated rings. The maximum Gasteiger partial charge on any atom is 0.276 e. The first-order valence-electron chi connectivity index (χ1n) is 7.63. The van der Waals surface area contributed by atoms with Gasteiger partial charge in [0.15, 0.2) is 5.78 Å². The smallest absolute Gasteiger partial charge is 0.276 e. The molecule has 0 unspecified atom stereocenters. The summed E-state index contributed by atoms with van der Waals surface area (Å²) in [6.07, 6.45) is 1.04. The second-order valence-electron chi connectivity index (χ2n) is 5.24. The van der Waals surface area contributed by atoms with Crippen LogP contribution in [0.2, 0.25) is 5.02 Å². The minimum atomic E-state index is -0.349. The van der Waals surface area contributed by atoms with E-state index in [1.165, 1.54) is 36.0 Å². The molecule has 0 saturated heterocycles. The fourth-order valence-corrected chi connectivity index (χ4v) is 3.10. The third-order valence-corrected chi connectivity index (χ3v) is 4.68. The summed E-state index contributed by atoms with van der Waals surface area (Å²) in [7, 11) is 0. The van der Waals surface area contributed by atoms with Gasteiger partial charge in [-0.05, 0) is 42.8 Å². The van der Waals surface area contributed by atoms with Crippen molar-refractivity contribution in [2.45, 2.75) is 18.1 Å². The molecular weight excluding hydrogens is 363 g/mol. The molecule has 3 rings (SSSR count). The predicted octanol–water partition coefficient (Wildman–Crippen LogP) is 5.28. The van der Waals surface area contributed by atoms with Gasteiger partial charge in [-0.3, -0.25) is 4.79 Å². The number of rotatable bonds is 7. The highest BCUT2D eigenvalue weighted by Gasteiger charge is 2.12. The number of halogens is 2. The molecule has 3 aromatic rings. The molecule has 0 aliphatic carbocycles. The van der Waals surface area contributed by atoms with Crippen LogP contribution < -0.4 is 0 Å². The average molecular weight is 377 g/mol. The maximum absolute atomic E-state index is 12.8. The normalized spacial score (nSPS) is 10.8. The first-order chi connectivity index (χ1) is 12.1. The molecule has 0 atom stereocenters. The Labute approximate surface area is 153 Å². The highest BCUT2D eigenvalue weighted by molar-refractivity contribution is 7.99. The SMILES string of the molecule is O=C(CCCSc1nnc(-c2ccccc2Cl)o1)c1ccc(F)cc1. The summed E-state index contributed by atoms with van der Waals surface area (Å²) >= 11 is 7.49. The third-order valence-electron chi connectivity index (χ3n) is 3.45. The van der Waals surface area contributed by atoms with Gasteiger partial charge < -0.3 is 4.42 Å². The van der Waals surface area contributed by atoms with E-state index >= 15 is 0 Å². The standard InChI is InChI=1S/C18H14ClFN2O2S/c19-15-5-2-1-4-14(15)17-21-22-18(24-17)25-11-3-6-16(23)12-7-9-13(20)10-8-12/h1-2,4-5,7-10H,3,6,11H2. The Kier molecular flexibility index (Phi) is 5.83. The van der Waals surface area contributed by atoms with Gasteiger partial charge >= 0.3 is 0 Å². The molecule has 0 radical (unpaired) electrons. The molecule has 0 aliphatic rings. The van der Waals surface area contributed by atoms with Crippen LogP contribution in [0.25, 0.3) is 11.5 Å². The summed E-state index contributed by atoms with van der Waals surface area (Å²) in [6.45, 7) is 0.